The first-order valence-electron chi connectivity index (χ1n) is 6.53. The number of rotatable bonds is 4. The molecule has 2 aromatic rings. The second-order valence-electron chi connectivity index (χ2n) is 4.88. The summed E-state index contributed by atoms with van der Waals surface area (Å²) in [5, 5.41) is 10.8. The van der Waals surface area contributed by atoms with Crippen LogP contribution >= 0.6 is 0 Å². The van der Waals surface area contributed by atoms with E-state index < -0.39 is 28.3 Å². The molecule has 0 saturated carbocycles. The standard InChI is InChI=1S/C15H11F3N2O4/c1-8-6-9(15(16,17)18)2-5-13(8)24-10-3-4-12(20(22)23)11(7-10)14(19)21/h2-7H,1H3,(H2,19,21). The number of carbonyl (C=O) groups is 1. The lowest BCUT2D eigenvalue weighted by Crippen LogP contribution is -2.13. The highest BCUT2D eigenvalue weighted by Gasteiger charge is 2.30. The molecule has 24 heavy (non-hydrogen) atoms. The minimum Gasteiger partial charge on any atom is -0.457 e. The number of hydrogen-bond donors (Lipinski definition) is 1. The van der Waals surface area contributed by atoms with Crippen LogP contribution in [0.4, 0.5) is 18.9 Å². The molecular formula is C15H11F3N2O4. The fraction of sp³-hybridized carbons (Fsp3) is 0.133. The van der Waals surface area contributed by atoms with Crippen LogP contribution in [0.5, 0.6) is 11.5 Å². The van der Waals surface area contributed by atoms with Crippen LogP contribution < -0.4 is 10.5 Å². The first-order chi connectivity index (χ1) is 11.1. The first-order valence-corrected chi connectivity index (χ1v) is 6.53. The number of nitrogens with zero attached hydrogens (tertiary/aromatic N) is 1. The van der Waals surface area contributed by atoms with Gasteiger partial charge in [-0.2, -0.15) is 13.2 Å². The highest BCUT2D eigenvalue weighted by atomic mass is 19.4. The van der Waals surface area contributed by atoms with Gasteiger partial charge in [0, 0.05) is 12.1 Å². The van der Waals surface area contributed by atoms with E-state index in [2.05, 4.69) is 0 Å². The van der Waals surface area contributed by atoms with Gasteiger partial charge in [0.1, 0.15) is 17.1 Å². The van der Waals surface area contributed by atoms with Gasteiger partial charge < -0.3 is 10.5 Å². The Morgan fingerprint density at radius 2 is 1.88 bits per heavy atom. The molecule has 0 radical (unpaired) electrons. The molecule has 2 N–H and O–H groups in total. The van der Waals surface area contributed by atoms with E-state index in [1.807, 2.05) is 0 Å². The number of halogens is 3. The topological polar surface area (TPSA) is 95.5 Å². The monoisotopic (exact) mass is 340 g/mol. The second-order valence-corrected chi connectivity index (χ2v) is 4.88. The summed E-state index contributed by atoms with van der Waals surface area (Å²) in [6.07, 6.45) is -4.48. The largest absolute Gasteiger partial charge is 0.457 e. The van der Waals surface area contributed by atoms with Crippen molar-refractivity contribution in [1.82, 2.24) is 0 Å². The zero-order valence-corrected chi connectivity index (χ0v) is 12.3. The van der Waals surface area contributed by atoms with Gasteiger partial charge in [-0.15, -0.1) is 0 Å². The summed E-state index contributed by atoms with van der Waals surface area (Å²) in [4.78, 5) is 21.4. The normalized spacial score (nSPS) is 11.2. The number of nitro benzene ring substituents is 1. The van der Waals surface area contributed by atoms with Gasteiger partial charge in [-0.3, -0.25) is 14.9 Å². The number of aryl methyl sites for hydroxylation is 1. The molecule has 0 atom stereocenters. The molecule has 0 heterocycles. The van der Waals surface area contributed by atoms with Gasteiger partial charge in [-0.25, -0.2) is 0 Å². The van der Waals surface area contributed by atoms with Gasteiger partial charge in [0.15, 0.2) is 0 Å². The summed E-state index contributed by atoms with van der Waals surface area (Å²) in [5.41, 5.74) is 3.63. The van der Waals surface area contributed by atoms with Gasteiger partial charge in [-0.1, -0.05) is 0 Å². The predicted octanol–water partition coefficient (Wildman–Crippen LogP) is 3.81. The van der Waals surface area contributed by atoms with Crippen molar-refractivity contribution in [2.45, 2.75) is 13.1 Å². The number of benzene rings is 2. The molecule has 126 valence electrons. The zero-order valence-electron chi connectivity index (χ0n) is 12.3. The number of carbonyl (C=O) groups excluding carboxylic acids is 1. The van der Waals surface area contributed by atoms with Crippen LogP contribution in [0.15, 0.2) is 36.4 Å². The van der Waals surface area contributed by atoms with E-state index in [4.69, 9.17) is 10.5 Å². The van der Waals surface area contributed by atoms with Gasteiger partial charge >= 0.3 is 6.18 Å². The molecule has 6 nitrogen and oxygen atoms in total. The minimum atomic E-state index is -4.48. The molecule has 0 saturated heterocycles. The Labute approximate surface area is 133 Å². The van der Waals surface area contributed by atoms with Gasteiger partial charge in [-0.05, 0) is 36.8 Å². The summed E-state index contributed by atoms with van der Waals surface area (Å²) in [7, 11) is 0. The van der Waals surface area contributed by atoms with Crippen molar-refractivity contribution in [2.24, 2.45) is 5.73 Å². The Balaban J connectivity index is 2.37. The maximum Gasteiger partial charge on any atom is 0.416 e. The van der Waals surface area contributed by atoms with Crippen molar-refractivity contribution in [3.05, 3.63) is 63.2 Å². The Morgan fingerprint density at radius 1 is 1.21 bits per heavy atom. The van der Waals surface area contributed by atoms with E-state index in [1.54, 1.807) is 0 Å². The average molecular weight is 340 g/mol. The maximum absolute atomic E-state index is 12.6. The Kier molecular flexibility index (Phi) is 4.45. The summed E-state index contributed by atoms with van der Waals surface area (Å²) in [5.74, 6) is -0.860. The van der Waals surface area contributed by atoms with Crippen molar-refractivity contribution in [1.29, 1.82) is 0 Å². The molecule has 2 aromatic carbocycles. The van der Waals surface area contributed by atoms with Crippen LogP contribution in [0.25, 0.3) is 0 Å². The second kappa shape index (κ2) is 6.19. The fourth-order valence-corrected chi connectivity index (χ4v) is 2.00. The molecule has 0 spiro atoms. The van der Waals surface area contributed by atoms with E-state index in [9.17, 15) is 28.1 Å². The summed E-state index contributed by atoms with van der Waals surface area (Å²) in [6.45, 7) is 1.42. The molecular weight excluding hydrogens is 329 g/mol. The smallest absolute Gasteiger partial charge is 0.416 e. The van der Waals surface area contributed by atoms with Crippen LogP contribution in [-0.4, -0.2) is 10.8 Å². The highest BCUT2D eigenvalue weighted by molar-refractivity contribution is 5.97. The Morgan fingerprint density at radius 3 is 2.38 bits per heavy atom. The third-order valence-corrected chi connectivity index (χ3v) is 3.16. The SMILES string of the molecule is Cc1cc(C(F)(F)F)ccc1Oc1ccc([N+](=O)[O-])c(C(N)=O)c1. The molecule has 1 amide bonds. The van der Waals surface area contributed by atoms with E-state index in [-0.39, 0.29) is 22.6 Å². The van der Waals surface area contributed by atoms with E-state index in [1.165, 1.54) is 13.0 Å². The number of alkyl halides is 3. The van der Waals surface area contributed by atoms with Gasteiger partial charge in [0.05, 0.1) is 10.5 Å². The van der Waals surface area contributed by atoms with Crippen molar-refractivity contribution < 1.29 is 27.6 Å². The molecule has 0 unspecified atom stereocenters. The summed E-state index contributed by atoms with van der Waals surface area (Å²) >= 11 is 0. The predicted molar refractivity (Wildman–Crippen MR) is 77.9 cm³/mol. The third kappa shape index (κ3) is 3.62. The quantitative estimate of drug-likeness (QED) is 0.676. The summed E-state index contributed by atoms with van der Waals surface area (Å²) < 4.78 is 43.3. The van der Waals surface area contributed by atoms with Crippen molar-refractivity contribution in [3.63, 3.8) is 0 Å². The minimum absolute atomic E-state index is 0.0391. The van der Waals surface area contributed by atoms with Crippen LogP contribution in [0.3, 0.4) is 0 Å². The zero-order chi connectivity index (χ0) is 18.1. The number of ether oxygens (including phenoxy) is 1. The molecule has 0 aliphatic rings. The number of nitro groups is 1. The molecule has 0 aliphatic heterocycles. The number of nitrogens with two attached hydrogens (primary N) is 1. The van der Waals surface area contributed by atoms with E-state index in [0.717, 1.165) is 30.3 Å². The lowest BCUT2D eigenvalue weighted by Gasteiger charge is -2.12. The van der Waals surface area contributed by atoms with E-state index in [0.29, 0.717) is 0 Å². The molecule has 9 heteroatoms. The molecule has 2 rings (SSSR count). The average Bonchev–Trinajstić information content (AvgIpc) is 2.47. The number of hydrogen-bond acceptors (Lipinski definition) is 4. The van der Waals surface area contributed by atoms with Crippen LogP contribution in [0.1, 0.15) is 21.5 Å². The van der Waals surface area contributed by atoms with Crippen molar-refractivity contribution in [3.8, 4) is 11.5 Å². The van der Waals surface area contributed by atoms with Crippen molar-refractivity contribution >= 4 is 11.6 Å². The highest BCUT2D eigenvalue weighted by Crippen LogP contribution is 2.34. The lowest BCUT2D eigenvalue weighted by atomic mass is 10.1. The summed E-state index contributed by atoms with van der Waals surface area (Å²) in [6, 6.07) is 6.22. The first kappa shape index (κ1) is 17.3. The maximum atomic E-state index is 12.6. The Hall–Kier alpha value is -3.10. The number of primary amides is 1. The molecule has 0 bridgehead atoms. The van der Waals surface area contributed by atoms with Crippen LogP contribution in [0, 0.1) is 17.0 Å². The Bertz CT molecular complexity index is 819. The number of amides is 1. The van der Waals surface area contributed by atoms with Crippen LogP contribution in [-0.2, 0) is 6.18 Å². The molecule has 0 aliphatic carbocycles. The fourth-order valence-electron chi connectivity index (χ4n) is 2.00. The van der Waals surface area contributed by atoms with Crippen LogP contribution in [0.2, 0.25) is 0 Å². The molecule has 0 fully saturated rings. The lowest BCUT2D eigenvalue weighted by molar-refractivity contribution is -0.385. The van der Waals surface area contributed by atoms with Gasteiger partial charge in [0.2, 0.25) is 0 Å². The third-order valence-electron chi connectivity index (χ3n) is 3.16. The van der Waals surface area contributed by atoms with E-state index >= 15 is 0 Å². The molecule has 0 aromatic heterocycles. The van der Waals surface area contributed by atoms with Crippen molar-refractivity contribution in [2.75, 3.05) is 0 Å². The van der Waals surface area contributed by atoms with Gasteiger partial charge in [0.25, 0.3) is 11.6 Å².